The molecule has 0 saturated heterocycles. The molecule has 94 valence electrons. The van der Waals surface area contributed by atoms with Crippen molar-refractivity contribution in [2.45, 2.75) is 26.3 Å². The number of hydrogen-bond donors (Lipinski definition) is 2. The molecular weight excluding hydrogens is 216 g/mol. The van der Waals surface area contributed by atoms with Gasteiger partial charge in [-0.1, -0.05) is 12.1 Å². The number of benzene rings is 1. The highest BCUT2D eigenvalue weighted by Gasteiger charge is 2.02. The number of carbonyl (C=O) groups excluding carboxylic acids is 1. The number of ether oxygens (including phenoxy) is 1. The van der Waals surface area contributed by atoms with Gasteiger partial charge in [0.25, 0.3) is 5.91 Å². The van der Waals surface area contributed by atoms with Crippen molar-refractivity contribution >= 4 is 5.91 Å². The summed E-state index contributed by atoms with van der Waals surface area (Å²) >= 11 is 0. The summed E-state index contributed by atoms with van der Waals surface area (Å²) in [7, 11) is 0. The zero-order chi connectivity index (χ0) is 12.7. The average molecular weight is 236 g/mol. The number of nitrogens with two attached hydrogens (primary N) is 1. The van der Waals surface area contributed by atoms with E-state index in [1.165, 1.54) is 0 Å². The predicted molar refractivity (Wildman–Crippen MR) is 68.0 cm³/mol. The van der Waals surface area contributed by atoms with E-state index in [1.54, 1.807) is 0 Å². The van der Waals surface area contributed by atoms with E-state index in [0.717, 1.165) is 12.0 Å². The first-order chi connectivity index (χ1) is 8.08. The first kappa shape index (κ1) is 13.5. The molecule has 0 bridgehead atoms. The normalized spacial score (nSPS) is 11.9. The van der Waals surface area contributed by atoms with E-state index in [-0.39, 0.29) is 18.6 Å². The maximum absolute atomic E-state index is 11.4. The maximum atomic E-state index is 11.4. The molecule has 1 rings (SSSR count). The Bertz CT molecular complexity index is 364. The van der Waals surface area contributed by atoms with Crippen LogP contribution in [0.3, 0.4) is 0 Å². The molecule has 4 nitrogen and oxygen atoms in total. The second-order valence-electron chi connectivity index (χ2n) is 4.22. The zero-order valence-corrected chi connectivity index (χ0v) is 10.4. The van der Waals surface area contributed by atoms with E-state index in [2.05, 4.69) is 5.32 Å². The molecule has 1 atom stereocenters. The summed E-state index contributed by atoms with van der Waals surface area (Å²) in [5, 5.41) is 2.75. The van der Waals surface area contributed by atoms with Gasteiger partial charge in [-0.05, 0) is 38.0 Å². The lowest BCUT2D eigenvalue weighted by Crippen LogP contribution is -2.32. The Morgan fingerprint density at radius 1 is 1.53 bits per heavy atom. The van der Waals surface area contributed by atoms with Crippen LogP contribution in [0.2, 0.25) is 0 Å². The minimum atomic E-state index is -0.118. The van der Waals surface area contributed by atoms with Crippen LogP contribution in [0, 0.1) is 6.92 Å². The molecule has 0 fully saturated rings. The van der Waals surface area contributed by atoms with E-state index >= 15 is 0 Å². The number of carbonyl (C=O) groups is 1. The van der Waals surface area contributed by atoms with Gasteiger partial charge in [-0.15, -0.1) is 0 Å². The van der Waals surface area contributed by atoms with Gasteiger partial charge < -0.3 is 15.8 Å². The van der Waals surface area contributed by atoms with Crippen LogP contribution in [0.15, 0.2) is 24.3 Å². The Hall–Kier alpha value is -1.55. The van der Waals surface area contributed by atoms with Crippen LogP contribution in [0.25, 0.3) is 0 Å². The number of amides is 1. The molecule has 1 amide bonds. The predicted octanol–water partition coefficient (Wildman–Crippen LogP) is 1.23. The summed E-state index contributed by atoms with van der Waals surface area (Å²) in [6, 6.07) is 7.72. The molecule has 1 unspecified atom stereocenters. The van der Waals surface area contributed by atoms with Gasteiger partial charge in [0, 0.05) is 12.6 Å². The maximum Gasteiger partial charge on any atom is 0.257 e. The smallest absolute Gasteiger partial charge is 0.257 e. The molecular formula is C13H20N2O2. The molecule has 0 aromatic heterocycles. The fraction of sp³-hybridized carbons (Fsp3) is 0.462. The Morgan fingerprint density at radius 2 is 2.29 bits per heavy atom. The SMILES string of the molecule is Cc1cccc(OCC(=O)NCCC(C)N)c1. The summed E-state index contributed by atoms with van der Waals surface area (Å²) in [6.45, 7) is 4.53. The summed E-state index contributed by atoms with van der Waals surface area (Å²) in [5.74, 6) is 0.597. The number of nitrogens with one attached hydrogen (secondary N) is 1. The molecule has 0 aliphatic heterocycles. The van der Waals surface area contributed by atoms with Gasteiger partial charge >= 0.3 is 0 Å². The van der Waals surface area contributed by atoms with Crippen molar-refractivity contribution in [1.29, 1.82) is 0 Å². The van der Waals surface area contributed by atoms with Crippen molar-refractivity contribution in [3.05, 3.63) is 29.8 Å². The third-order valence-corrected chi connectivity index (χ3v) is 2.28. The lowest BCUT2D eigenvalue weighted by Gasteiger charge is -2.09. The van der Waals surface area contributed by atoms with Crippen LogP contribution in [-0.2, 0) is 4.79 Å². The minimum absolute atomic E-state index is 0.0441. The molecule has 3 N–H and O–H groups in total. The summed E-state index contributed by atoms with van der Waals surface area (Å²) in [6.07, 6.45) is 0.774. The molecule has 0 heterocycles. The standard InChI is InChI=1S/C13H20N2O2/c1-10-4-3-5-12(8-10)17-9-13(16)15-7-6-11(2)14/h3-5,8,11H,6-7,9,14H2,1-2H3,(H,15,16). The van der Waals surface area contributed by atoms with Gasteiger partial charge in [0.15, 0.2) is 6.61 Å². The van der Waals surface area contributed by atoms with Crippen LogP contribution in [0.1, 0.15) is 18.9 Å². The van der Waals surface area contributed by atoms with Gasteiger partial charge in [0.05, 0.1) is 0 Å². The van der Waals surface area contributed by atoms with E-state index < -0.39 is 0 Å². The van der Waals surface area contributed by atoms with Crippen molar-refractivity contribution < 1.29 is 9.53 Å². The molecule has 17 heavy (non-hydrogen) atoms. The quantitative estimate of drug-likeness (QED) is 0.780. The van der Waals surface area contributed by atoms with Crippen molar-refractivity contribution in [1.82, 2.24) is 5.32 Å². The molecule has 0 saturated carbocycles. The fourth-order valence-corrected chi connectivity index (χ4v) is 1.34. The van der Waals surface area contributed by atoms with Gasteiger partial charge in [-0.3, -0.25) is 4.79 Å². The summed E-state index contributed by atoms with van der Waals surface area (Å²) in [4.78, 5) is 11.4. The second kappa shape index (κ2) is 6.91. The van der Waals surface area contributed by atoms with Crippen LogP contribution in [-0.4, -0.2) is 25.1 Å². The van der Waals surface area contributed by atoms with Crippen molar-refractivity contribution in [2.24, 2.45) is 5.73 Å². The third-order valence-electron chi connectivity index (χ3n) is 2.28. The Balaban J connectivity index is 2.24. The Morgan fingerprint density at radius 3 is 2.94 bits per heavy atom. The zero-order valence-electron chi connectivity index (χ0n) is 10.4. The summed E-state index contributed by atoms with van der Waals surface area (Å²) in [5.41, 5.74) is 6.69. The van der Waals surface area contributed by atoms with Crippen molar-refractivity contribution in [3.63, 3.8) is 0 Å². The third kappa shape index (κ3) is 5.92. The van der Waals surface area contributed by atoms with Gasteiger partial charge in [0.1, 0.15) is 5.75 Å². The highest BCUT2D eigenvalue weighted by molar-refractivity contribution is 5.77. The molecule has 0 spiro atoms. The molecule has 4 heteroatoms. The lowest BCUT2D eigenvalue weighted by molar-refractivity contribution is -0.123. The van der Waals surface area contributed by atoms with Crippen LogP contribution in [0.5, 0.6) is 5.75 Å². The summed E-state index contributed by atoms with van der Waals surface area (Å²) < 4.78 is 5.36. The van der Waals surface area contributed by atoms with E-state index in [1.807, 2.05) is 38.1 Å². The first-order valence-corrected chi connectivity index (χ1v) is 5.79. The van der Waals surface area contributed by atoms with Crippen LogP contribution < -0.4 is 15.8 Å². The van der Waals surface area contributed by atoms with E-state index in [9.17, 15) is 4.79 Å². The van der Waals surface area contributed by atoms with Gasteiger partial charge in [0.2, 0.25) is 0 Å². The van der Waals surface area contributed by atoms with Crippen LogP contribution in [0.4, 0.5) is 0 Å². The molecule has 1 aromatic rings. The highest BCUT2D eigenvalue weighted by atomic mass is 16.5. The average Bonchev–Trinajstić information content (AvgIpc) is 2.26. The Kier molecular flexibility index (Phi) is 5.49. The fourth-order valence-electron chi connectivity index (χ4n) is 1.34. The van der Waals surface area contributed by atoms with E-state index in [0.29, 0.717) is 12.3 Å². The monoisotopic (exact) mass is 236 g/mol. The second-order valence-corrected chi connectivity index (χ2v) is 4.22. The molecule has 0 aliphatic carbocycles. The van der Waals surface area contributed by atoms with Crippen molar-refractivity contribution in [3.8, 4) is 5.75 Å². The number of hydrogen-bond acceptors (Lipinski definition) is 3. The van der Waals surface area contributed by atoms with Gasteiger partial charge in [-0.2, -0.15) is 0 Å². The lowest BCUT2D eigenvalue weighted by atomic mass is 10.2. The number of rotatable bonds is 6. The first-order valence-electron chi connectivity index (χ1n) is 5.79. The molecule has 1 aromatic carbocycles. The van der Waals surface area contributed by atoms with Crippen molar-refractivity contribution in [2.75, 3.05) is 13.2 Å². The molecule has 0 radical (unpaired) electrons. The minimum Gasteiger partial charge on any atom is -0.484 e. The largest absolute Gasteiger partial charge is 0.484 e. The number of aryl methyl sites for hydroxylation is 1. The van der Waals surface area contributed by atoms with E-state index in [4.69, 9.17) is 10.5 Å². The van der Waals surface area contributed by atoms with Crippen LogP contribution >= 0.6 is 0 Å². The highest BCUT2D eigenvalue weighted by Crippen LogP contribution is 2.11. The van der Waals surface area contributed by atoms with Gasteiger partial charge in [-0.25, -0.2) is 0 Å². The molecule has 0 aliphatic rings. The topological polar surface area (TPSA) is 64.3 Å². The Labute approximate surface area is 102 Å².